The van der Waals surface area contributed by atoms with Crippen LogP contribution in [0.1, 0.15) is 52.2 Å². The fourth-order valence-electron chi connectivity index (χ4n) is 2.79. The second-order valence-electron chi connectivity index (χ2n) is 7.16. The van der Waals surface area contributed by atoms with Crippen LogP contribution >= 0.6 is 7.91 Å². The molecular formula is C15H24FO3P. The first-order chi connectivity index (χ1) is 8.80. The van der Waals surface area contributed by atoms with Gasteiger partial charge >= 0.3 is 7.91 Å². The lowest BCUT2D eigenvalue weighted by molar-refractivity contribution is 0.277. The average Bonchev–Trinajstić information content (AvgIpc) is 2.14. The molecule has 0 radical (unpaired) electrons. The zero-order chi connectivity index (χ0) is 15.8. The van der Waals surface area contributed by atoms with Gasteiger partial charge in [0.2, 0.25) is 0 Å². The molecule has 114 valence electrons. The highest BCUT2D eigenvalue weighted by Gasteiger charge is 2.32. The van der Waals surface area contributed by atoms with Crippen LogP contribution in [0.15, 0.2) is 18.2 Å². The van der Waals surface area contributed by atoms with Gasteiger partial charge in [-0.25, -0.2) is 4.57 Å². The van der Waals surface area contributed by atoms with Crippen LogP contribution in [0.3, 0.4) is 0 Å². The molecule has 0 bridgehead atoms. The summed E-state index contributed by atoms with van der Waals surface area (Å²) in [7, 11) is -5.05. The lowest BCUT2D eigenvalue weighted by atomic mass is 9.72. The number of hydrogen-bond acceptors (Lipinski definition) is 2. The summed E-state index contributed by atoms with van der Waals surface area (Å²) in [5.41, 5.74) is 1.53. The Hall–Kier alpha value is -0.860. The van der Waals surface area contributed by atoms with Gasteiger partial charge in [-0.2, -0.15) is 0 Å². The van der Waals surface area contributed by atoms with Crippen LogP contribution in [0.4, 0.5) is 4.20 Å². The Kier molecular flexibility index (Phi) is 4.72. The summed E-state index contributed by atoms with van der Waals surface area (Å²) in [6, 6.07) is 5.18. The van der Waals surface area contributed by atoms with Crippen molar-refractivity contribution in [3.63, 3.8) is 0 Å². The number of benzene rings is 1. The van der Waals surface area contributed by atoms with Crippen LogP contribution in [0, 0.1) is 12.3 Å². The van der Waals surface area contributed by atoms with Gasteiger partial charge in [-0.05, 0) is 30.2 Å². The van der Waals surface area contributed by atoms with E-state index < -0.39 is 7.91 Å². The zero-order valence-corrected chi connectivity index (χ0v) is 13.9. The van der Waals surface area contributed by atoms with Crippen molar-refractivity contribution in [2.75, 3.05) is 0 Å². The fourth-order valence-corrected chi connectivity index (χ4v) is 3.20. The predicted molar refractivity (Wildman–Crippen MR) is 79.8 cm³/mol. The maximum Gasteiger partial charge on any atom is 0.567 e. The molecule has 0 saturated heterocycles. The SMILES string of the molecule is Cc1ccc(OP(=O)(O)F)c(C(C)(C)CC(C)(C)C)c1. The molecule has 0 aliphatic heterocycles. The van der Waals surface area contributed by atoms with Crippen LogP contribution < -0.4 is 4.52 Å². The molecular weight excluding hydrogens is 278 g/mol. The van der Waals surface area contributed by atoms with E-state index in [9.17, 15) is 8.76 Å². The molecule has 0 amide bonds. The highest BCUT2D eigenvalue weighted by Crippen LogP contribution is 2.48. The Bertz CT molecular complexity index is 526. The molecule has 0 saturated carbocycles. The zero-order valence-electron chi connectivity index (χ0n) is 13.0. The van der Waals surface area contributed by atoms with Gasteiger partial charge in [0.25, 0.3) is 0 Å². The maximum atomic E-state index is 13.0. The van der Waals surface area contributed by atoms with Gasteiger partial charge in [-0.15, -0.1) is 4.20 Å². The van der Waals surface area contributed by atoms with Crippen LogP contribution in [0.2, 0.25) is 0 Å². The summed E-state index contributed by atoms with van der Waals surface area (Å²) in [5.74, 6) is 0.137. The van der Waals surface area contributed by atoms with Crippen molar-refractivity contribution in [3.05, 3.63) is 29.3 Å². The maximum absolute atomic E-state index is 13.0. The lowest BCUT2D eigenvalue weighted by Crippen LogP contribution is -2.25. The largest absolute Gasteiger partial charge is 0.567 e. The van der Waals surface area contributed by atoms with Crippen molar-refractivity contribution in [2.45, 2.75) is 53.4 Å². The first-order valence-electron chi connectivity index (χ1n) is 6.63. The fraction of sp³-hybridized carbons (Fsp3) is 0.600. The van der Waals surface area contributed by atoms with E-state index in [-0.39, 0.29) is 16.6 Å². The molecule has 5 heteroatoms. The van der Waals surface area contributed by atoms with Gasteiger partial charge in [0, 0.05) is 5.56 Å². The predicted octanol–water partition coefficient (Wildman–Crippen LogP) is 5.16. The van der Waals surface area contributed by atoms with Gasteiger partial charge in [0.05, 0.1) is 0 Å². The first kappa shape index (κ1) is 17.2. The van der Waals surface area contributed by atoms with E-state index in [4.69, 9.17) is 4.89 Å². The van der Waals surface area contributed by atoms with E-state index in [0.717, 1.165) is 17.5 Å². The first-order valence-corrected chi connectivity index (χ1v) is 8.10. The average molecular weight is 302 g/mol. The molecule has 3 nitrogen and oxygen atoms in total. The minimum Gasteiger partial charge on any atom is -0.401 e. The Labute approximate surface area is 120 Å². The van der Waals surface area contributed by atoms with Crippen LogP contribution in [-0.4, -0.2) is 4.89 Å². The van der Waals surface area contributed by atoms with Crippen LogP contribution in [0.25, 0.3) is 0 Å². The minimum atomic E-state index is -5.05. The topological polar surface area (TPSA) is 46.5 Å². The molecule has 0 heterocycles. The lowest BCUT2D eigenvalue weighted by Gasteiger charge is -2.34. The Morgan fingerprint density at radius 3 is 2.25 bits per heavy atom. The molecule has 0 aromatic heterocycles. The van der Waals surface area contributed by atoms with Crippen molar-refractivity contribution in [2.24, 2.45) is 5.41 Å². The van der Waals surface area contributed by atoms with Gasteiger partial charge in [0.15, 0.2) is 0 Å². The molecule has 1 atom stereocenters. The summed E-state index contributed by atoms with van der Waals surface area (Å²) >= 11 is 0. The molecule has 0 fully saturated rings. The van der Waals surface area contributed by atoms with Crippen LogP contribution in [-0.2, 0) is 9.98 Å². The molecule has 1 N–H and O–H groups in total. The number of aryl methyl sites for hydroxylation is 1. The molecule has 0 aliphatic carbocycles. The summed E-state index contributed by atoms with van der Waals surface area (Å²) in [5, 5.41) is 0. The van der Waals surface area contributed by atoms with Crippen molar-refractivity contribution in [1.82, 2.24) is 0 Å². The van der Waals surface area contributed by atoms with E-state index in [0.29, 0.717) is 0 Å². The molecule has 20 heavy (non-hydrogen) atoms. The molecule has 1 aromatic rings. The second-order valence-corrected chi connectivity index (χ2v) is 8.25. The normalized spacial score (nSPS) is 15.8. The van der Waals surface area contributed by atoms with E-state index in [1.54, 1.807) is 12.1 Å². The summed E-state index contributed by atoms with van der Waals surface area (Å²) in [6.45, 7) is 12.3. The van der Waals surface area contributed by atoms with Crippen molar-refractivity contribution >= 4 is 7.91 Å². The minimum absolute atomic E-state index is 0.0726. The monoisotopic (exact) mass is 302 g/mol. The quantitative estimate of drug-likeness (QED) is 0.782. The van der Waals surface area contributed by atoms with E-state index >= 15 is 0 Å². The third kappa shape index (κ3) is 5.26. The van der Waals surface area contributed by atoms with Gasteiger partial charge in [-0.3, -0.25) is 4.89 Å². The number of rotatable bonds is 4. The smallest absolute Gasteiger partial charge is 0.401 e. The third-order valence-corrected chi connectivity index (χ3v) is 3.47. The summed E-state index contributed by atoms with van der Waals surface area (Å²) in [6.07, 6.45) is 0.835. The van der Waals surface area contributed by atoms with Crippen molar-refractivity contribution in [3.8, 4) is 5.75 Å². The summed E-state index contributed by atoms with van der Waals surface area (Å²) in [4.78, 5) is 8.83. The Balaban J connectivity index is 3.27. The molecule has 0 spiro atoms. The molecule has 1 rings (SSSR count). The van der Waals surface area contributed by atoms with E-state index in [2.05, 4.69) is 25.3 Å². The van der Waals surface area contributed by atoms with Gasteiger partial charge in [0.1, 0.15) is 5.75 Å². The van der Waals surface area contributed by atoms with Gasteiger partial charge in [-0.1, -0.05) is 52.3 Å². The Morgan fingerprint density at radius 1 is 1.25 bits per heavy atom. The van der Waals surface area contributed by atoms with E-state index in [1.807, 2.05) is 26.8 Å². The molecule has 1 aromatic carbocycles. The highest BCUT2D eigenvalue weighted by molar-refractivity contribution is 7.47. The van der Waals surface area contributed by atoms with Crippen molar-refractivity contribution < 1.29 is 18.2 Å². The third-order valence-electron chi connectivity index (χ3n) is 3.05. The molecule has 0 aliphatic rings. The number of hydrogen-bond donors (Lipinski definition) is 1. The standard InChI is InChI=1S/C15H24FO3P/c1-11-7-8-13(19-20(16,17)18)12(9-11)15(5,6)10-14(2,3)4/h7-9H,10H2,1-6H3,(H,17,18). The Morgan fingerprint density at radius 2 is 1.80 bits per heavy atom. The molecule has 1 unspecified atom stereocenters. The second kappa shape index (κ2) is 5.50. The van der Waals surface area contributed by atoms with Crippen molar-refractivity contribution in [1.29, 1.82) is 0 Å². The summed E-state index contributed by atoms with van der Waals surface area (Å²) < 4.78 is 28.5. The van der Waals surface area contributed by atoms with E-state index in [1.165, 1.54) is 0 Å². The number of halogens is 1. The van der Waals surface area contributed by atoms with Crippen LogP contribution in [0.5, 0.6) is 5.75 Å². The van der Waals surface area contributed by atoms with Gasteiger partial charge < -0.3 is 4.52 Å². The highest BCUT2D eigenvalue weighted by atomic mass is 31.2.